The fourth-order valence-electron chi connectivity index (χ4n) is 0.743. The molecule has 0 aromatic heterocycles. The number of esters is 1. The van der Waals surface area contributed by atoms with Crippen molar-refractivity contribution in [1.29, 1.82) is 0 Å². The molecule has 0 saturated heterocycles. The molecule has 0 saturated carbocycles. The van der Waals surface area contributed by atoms with Crippen molar-refractivity contribution in [3.05, 3.63) is 24.3 Å². The first-order chi connectivity index (χ1) is 6.39. The van der Waals surface area contributed by atoms with Gasteiger partial charge in [-0.05, 0) is 38.1 Å². The van der Waals surface area contributed by atoms with Crippen molar-refractivity contribution in [2.24, 2.45) is 0 Å². The molecule has 0 fully saturated rings. The van der Waals surface area contributed by atoms with E-state index in [9.17, 15) is 4.79 Å². The van der Waals surface area contributed by atoms with E-state index in [1.807, 2.05) is 0 Å². The lowest BCUT2D eigenvalue weighted by molar-refractivity contribution is -0.136. The Bertz CT molecular complexity index is 324. The lowest BCUT2D eigenvalue weighted by Crippen LogP contribution is -2.29. The summed E-state index contributed by atoms with van der Waals surface area (Å²) in [5.41, 5.74) is 0. The third-order valence-electron chi connectivity index (χ3n) is 1.53. The zero-order valence-electron chi connectivity index (χ0n) is 7.95. The highest BCUT2D eigenvalue weighted by Gasteiger charge is 2.25. The standard InChI is InChI=1S/C10H11BrO3/c1-10(2,11)9(13)14-8-5-3-7(12)4-6-8/h3-6,12H,1-2H3. The molecule has 0 aliphatic rings. The zero-order chi connectivity index (χ0) is 10.8. The number of hydrogen-bond acceptors (Lipinski definition) is 3. The summed E-state index contributed by atoms with van der Waals surface area (Å²) < 4.78 is 4.33. The third kappa shape index (κ3) is 3.03. The highest BCUT2D eigenvalue weighted by atomic mass is 79.9. The minimum atomic E-state index is -0.703. The van der Waals surface area contributed by atoms with Crippen molar-refractivity contribution in [3.63, 3.8) is 0 Å². The predicted octanol–water partition coefficient (Wildman–Crippen LogP) is 2.47. The summed E-state index contributed by atoms with van der Waals surface area (Å²) in [6.07, 6.45) is 0. The highest BCUT2D eigenvalue weighted by molar-refractivity contribution is 9.10. The number of rotatable bonds is 2. The lowest BCUT2D eigenvalue weighted by Gasteiger charge is -2.14. The zero-order valence-corrected chi connectivity index (χ0v) is 9.54. The summed E-state index contributed by atoms with van der Waals surface area (Å²) in [6, 6.07) is 5.99. The van der Waals surface area contributed by atoms with E-state index in [1.54, 1.807) is 13.8 Å². The minimum Gasteiger partial charge on any atom is -0.508 e. The van der Waals surface area contributed by atoms with Gasteiger partial charge in [0.25, 0.3) is 0 Å². The molecular weight excluding hydrogens is 248 g/mol. The Morgan fingerprint density at radius 2 is 1.86 bits per heavy atom. The average molecular weight is 259 g/mol. The molecule has 0 heterocycles. The third-order valence-corrected chi connectivity index (χ3v) is 1.86. The molecule has 0 spiro atoms. The Balaban J connectivity index is 2.71. The van der Waals surface area contributed by atoms with Crippen molar-refractivity contribution < 1.29 is 14.6 Å². The van der Waals surface area contributed by atoms with E-state index in [0.29, 0.717) is 5.75 Å². The quantitative estimate of drug-likeness (QED) is 0.504. The Labute approximate surface area is 90.8 Å². The molecule has 3 nitrogen and oxygen atoms in total. The maximum absolute atomic E-state index is 11.4. The van der Waals surface area contributed by atoms with Gasteiger partial charge in [0.05, 0.1) is 0 Å². The van der Waals surface area contributed by atoms with Gasteiger partial charge in [-0.3, -0.25) is 4.79 Å². The number of phenols is 1. The largest absolute Gasteiger partial charge is 0.508 e. The van der Waals surface area contributed by atoms with Gasteiger partial charge < -0.3 is 9.84 Å². The molecule has 0 amide bonds. The molecule has 1 rings (SSSR count). The number of phenolic OH excluding ortho intramolecular Hbond substituents is 1. The molecular formula is C10H11BrO3. The number of hydrogen-bond donors (Lipinski definition) is 1. The molecule has 0 aliphatic heterocycles. The fourth-order valence-corrected chi connectivity index (χ4v) is 0.824. The minimum absolute atomic E-state index is 0.142. The van der Waals surface area contributed by atoms with Gasteiger partial charge in [-0.15, -0.1) is 0 Å². The topological polar surface area (TPSA) is 46.5 Å². The number of carbonyl (C=O) groups is 1. The molecule has 4 heteroatoms. The van der Waals surface area contributed by atoms with Gasteiger partial charge in [-0.1, -0.05) is 15.9 Å². The van der Waals surface area contributed by atoms with E-state index in [2.05, 4.69) is 15.9 Å². The first kappa shape index (κ1) is 11.0. The lowest BCUT2D eigenvalue weighted by atomic mass is 10.2. The second kappa shape index (κ2) is 4.00. The summed E-state index contributed by atoms with van der Waals surface area (Å²) in [5, 5.41) is 9.00. The maximum atomic E-state index is 11.4. The van der Waals surface area contributed by atoms with Crippen LogP contribution in [0.15, 0.2) is 24.3 Å². The molecule has 14 heavy (non-hydrogen) atoms. The molecule has 0 unspecified atom stereocenters. The van der Waals surface area contributed by atoms with Gasteiger partial charge in [0.2, 0.25) is 0 Å². The van der Waals surface area contributed by atoms with Crippen LogP contribution in [0.1, 0.15) is 13.8 Å². The van der Waals surface area contributed by atoms with E-state index in [0.717, 1.165) is 0 Å². The van der Waals surface area contributed by atoms with Crippen LogP contribution in [0.4, 0.5) is 0 Å². The van der Waals surface area contributed by atoms with Gasteiger partial charge in [-0.2, -0.15) is 0 Å². The first-order valence-corrected chi connectivity index (χ1v) is 4.89. The van der Waals surface area contributed by atoms with Crippen LogP contribution < -0.4 is 4.74 Å². The van der Waals surface area contributed by atoms with Crippen LogP contribution in [0.25, 0.3) is 0 Å². The molecule has 0 radical (unpaired) electrons. The van der Waals surface area contributed by atoms with Crippen molar-refractivity contribution in [2.75, 3.05) is 0 Å². The Morgan fingerprint density at radius 1 is 1.36 bits per heavy atom. The van der Waals surface area contributed by atoms with Crippen LogP contribution in [0.5, 0.6) is 11.5 Å². The SMILES string of the molecule is CC(C)(Br)C(=O)Oc1ccc(O)cc1. The number of halogens is 1. The second-order valence-electron chi connectivity index (χ2n) is 3.36. The molecule has 0 atom stereocenters. The van der Waals surface area contributed by atoms with Crippen molar-refractivity contribution in [2.45, 2.75) is 18.2 Å². The van der Waals surface area contributed by atoms with Gasteiger partial charge in [-0.25, -0.2) is 0 Å². The van der Waals surface area contributed by atoms with Gasteiger partial charge >= 0.3 is 5.97 Å². The van der Waals surface area contributed by atoms with Crippen LogP contribution in [-0.4, -0.2) is 15.4 Å². The van der Waals surface area contributed by atoms with Gasteiger partial charge in [0.15, 0.2) is 0 Å². The molecule has 76 valence electrons. The summed E-state index contributed by atoms with van der Waals surface area (Å²) in [4.78, 5) is 11.4. The molecule has 0 aliphatic carbocycles. The molecule has 1 aromatic carbocycles. The average Bonchev–Trinajstić information content (AvgIpc) is 2.07. The van der Waals surface area contributed by atoms with E-state index < -0.39 is 4.32 Å². The Hall–Kier alpha value is -1.03. The Kier molecular flexibility index (Phi) is 3.16. The summed E-state index contributed by atoms with van der Waals surface area (Å²) >= 11 is 3.19. The number of aromatic hydroxyl groups is 1. The van der Waals surface area contributed by atoms with Crippen LogP contribution >= 0.6 is 15.9 Å². The first-order valence-electron chi connectivity index (χ1n) is 4.10. The van der Waals surface area contributed by atoms with Gasteiger partial charge in [0, 0.05) is 0 Å². The number of ether oxygens (including phenoxy) is 1. The summed E-state index contributed by atoms with van der Waals surface area (Å²) in [5.74, 6) is 0.186. The second-order valence-corrected chi connectivity index (χ2v) is 5.34. The number of carbonyl (C=O) groups excluding carboxylic acids is 1. The van der Waals surface area contributed by atoms with Crippen LogP contribution in [0.2, 0.25) is 0 Å². The van der Waals surface area contributed by atoms with E-state index in [4.69, 9.17) is 9.84 Å². The van der Waals surface area contributed by atoms with Crippen LogP contribution in [-0.2, 0) is 4.79 Å². The summed E-state index contributed by atoms with van der Waals surface area (Å²) in [6.45, 7) is 3.41. The number of alkyl halides is 1. The van der Waals surface area contributed by atoms with E-state index >= 15 is 0 Å². The van der Waals surface area contributed by atoms with E-state index in [-0.39, 0.29) is 11.7 Å². The van der Waals surface area contributed by atoms with Crippen LogP contribution in [0.3, 0.4) is 0 Å². The van der Waals surface area contributed by atoms with Crippen molar-refractivity contribution in [1.82, 2.24) is 0 Å². The van der Waals surface area contributed by atoms with Crippen molar-refractivity contribution >= 4 is 21.9 Å². The highest BCUT2D eigenvalue weighted by Crippen LogP contribution is 2.21. The van der Waals surface area contributed by atoms with Gasteiger partial charge in [0.1, 0.15) is 15.8 Å². The predicted molar refractivity (Wildman–Crippen MR) is 56.7 cm³/mol. The van der Waals surface area contributed by atoms with Crippen LogP contribution in [0, 0.1) is 0 Å². The number of benzene rings is 1. The smallest absolute Gasteiger partial charge is 0.327 e. The normalized spacial score (nSPS) is 11.1. The molecule has 1 N–H and O–H groups in total. The fraction of sp³-hybridized carbons (Fsp3) is 0.300. The Morgan fingerprint density at radius 3 is 2.29 bits per heavy atom. The summed E-state index contributed by atoms with van der Waals surface area (Å²) in [7, 11) is 0. The monoisotopic (exact) mass is 258 g/mol. The molecule has 0 bridgehead atoms. The molecule has 1 aromatic rings. The maximum Gasteiger partial charge on any atom is 0.327 e. The van der Waals surface area contributed by atoms with Crippen molar-refractivity contribution in [3.8, 4) is 11.5 Å². The van der Waals surface area contributed by atoms with E-state index in [1.165, 1.54) is 24.3 Å².